The monoisotopic (exact) mass is 390 g/mol. The van der Waals surface area contributed by atoms with Crippen LogP contribution in [-0.2, 0) is 13.0 Å². The van der Waals surface area contributed by atoms with E-state index in [2.05, 4.69) is 10.6 Å². The van der Waals surface area contributed by atoms with Gasteiger partial charge >= 0.3 is 0 Å². The summed E-state index contributed by atoms with van der Waals surface area (Å²) in [4.78, 5) is 4.84. The first-order valence-corrected chi connectivity index (χ1v) is 9.30. The lowest BCUT2D eigenvalue weighted by Crippen LogP contribution is -2.09. The summed E-state index contributed by atoms with van der Waals surface area (Å²) in [6, 6.07) is 14.1. The molecule has 1 fully saturated rings. The van der Waals surface area contributed by atoms with Crippen LogP contribution in [0.1, 0.15) is 17.8 Å². The second kappa shape index (κ2) is 6.67. The van der Waals surface area contributed by atoms with Crippen LogP contribution in [0.15, 0.2) is 42.5 Å². The first-order valence-electron chi connectivity index (χ1n) is 8.54. The number of benzene rings is 2. The van der Waals surface area contributed by atoms with Crippen LogP contribution in [0.4, 0.5) is 0 Å². The van der Waals surface area contributed by atoms with E-state index >= 15 is 0 Å². The van der Waals surface area contributed by atoms with Gasteiger partial charge in [-0.15, -0.1) is 23.2 Å². The molecule has 0 aliphatic heterocycles. The Balaban J connectivity index is 1.70. The van der Waals surface area contributed by atoms with Gasteiger partial charge in [0.15, 0.2) is 11.5 Å². The molecule has 1 heterocycles. The number of nitrogens with zero attached hydrogens (tertiary/aromatic N) is 2. The maximum Gasteiger partial charge on any atom is 0.161 e. The van der Waals surface area contributed by atoms with Crippen molar-refractivity contribution in [1.82, 2.24) is 9.55 Å². The highest BCUT2D eigenvalue weighted by atomic mass is 35.5. The van der Waals surface area contributed by atoms with Gasteiger partial charge < -0.3 is 14.0 Å². The molecule has 0 spiro atoms. The van der Waals surface area contributed by atoms with Gasteiger partial charge in [0.25, 0.3) is 0 Å². The molecule has 1 aromatic heterocycles. The summed E-state index contributed by atoms with van der Waals surface area (Å²) in [5, 5.41) is 0. The van der Waals surface area contributed by atoms with Crippen molar-refractivity contribution in [3.8, 4) is 11.5 Å². The lowest BCUT2D eigenvalue weighted by atomic mass is 10.1. The SMILES string of the molecule is COc1ccc(Cc2nc3ccccc3n2CC2CC2(Cl)Cl)cc1OC. The largest absolute Gasteiger partial charge is 0.493 e. The standard InChI is InChI=1S/C20H20Cl2N2O2/c1-25-17-8-7-13(9-18(17)26-2)10-19-23-15-5-3-4-6-16(15)24(19)12-14-11-20(14,21)22/h3-9,14H,10-12H2,1-2H3. The zero-order valence-corrected chi connectivity index (χ0v) is 16.2. The van der Waals surface area contributed by atoms with Crippen molar-refractivity contribution in [2.75, 3.05) is 14.2 Å². The number of para-hydroxylation sites is 2. The second-order valence-electron chi connectivity index (χ2n) is 6.66. The maximum atomic E-state index is 6.26. The average Bonchev–Trinajstić information content (AvgIpc) is 3.10. The second-order valence-corrected chi connectivity index (χ2v) is 8.20. The summed E-state index contributed by atoms with van der Waals surface area (Å²) < 4.78 is 12.4. The molecule has 4 nitrogen and oxygen atoms in total. The van der Waals surface area contributed by atoms with Crippen LogP contribution in [0.3, 0.4) is 0 Å². The number of hydrogen-bond acceptors (Lipinski definition) is 3. The summed E-state index contributed by atoms with van der Waals surface area (Å²) >= 11 is 12.5. The molecule has 1 atom stereocenters. The molecular weight excluding hydrogens is 371 g/mol. The van der Waals surface area contributed by atoms with E-state index in [1.807, 2.05) is 36.4 Å². The smallest absolute Gasteiger partial charge is 0.161 e. The number of alkyl halides is 2. The van der Waals surface area contributed by atoms with E-state index in [1.165, 1.54) is 0 Å². The highest BCUT2D eigenvalue weighted by molar-refractivity contribution is 6.50. The summed E-state index contributed by atoms with van der Waals surface area (Å²) in [5.74, 6) is 2.69. The van der Waals surface area contributed by atoms with Gasteiger partial charge in [-0.05, 0) is 36.2 Å². The summed E-state index contributed by atoms with van der Waals surface area (Å²) in [6.07, 6.45) is 1.51. The zero-order valence-electron chi connectivity index (χ0n) is 14.7. The fourth-order valence-electron chi connectivity index (χ4n) is 3.33. The lowest BCUT2D eigenvalue weighted by molar-refractivity contribution is 0.354. The Morgan fingerprint density at radius 1 is 1.12 bits per heavy atom. The van der Waals surface area contributed by atoms with E-state index in [1.54, 1.807) is 14.2 Å². The van der Waals surface area contributed by atoms with Gasteiger partial charge in [-0.3, -0.25) is 0 Å². The van der Waals surface area contributed by atoms with Gasteiger partial charge in [0, 0.05) is 18.9 Å². The third kappa shape index (κ3) is 3.24. The molecule has 26 heavy (non-hydrogen) atoms. The quantitative estimate of drug-likeness (QED) is 0.565. The van der Waals surface area contributed by atoms with E-state index in [0.717, 1.165) is 46.9 Å². The molecule has 0 N–H and O–H groups in total. The summed E-state index contributed by atoms with van der Waals surface area (Å²) in [5.41, 5.74) is 3.20. The molecule has 136 valence electrons. The molecule has 6 heteroatoms. The fourth-order valence-corrected chi connectivity index (χ4v) is 3.84. The molecule has 2 aromatic carbocycles. The first kappa shape index (κ1) is 17.5. The Morgan fingerprint density at radius 2 is 1.85 bits per heavy atom. The Kier molecular flexibility index (Phi) is 4.49. The Labute approximate surface area is 162 Å². The summed E-state index contributed by atoms with van der Waals surface area (Å²) in [7, 11) is 3.28. The number of fused-ring (bicyclic) bond motifs is 1. The zero-order chi connectivity index (χ0) is 18.3. The van der Waals surface area contributed by atoms with Crippen LogP contribution < -0.4 is 9.47 Å². The Hall–Kier alpha value is -1.91. The van der Waals surface area contributed by atoms with Crippen molar-refractivity contribution < 1.29 is 9.47 Å². The van der Waals surface area contributed by atoms with E-state index in [-0.39, 0.29) is 5.92 Å². The molecule has 1 aliphatic carbocycles. The number of halogens is 2. The molecule has 0 bridgehead atoms. The third-order valence-electron chi connectivity index (χ3n) is 4.90. The molecule has 1 unspecified atom stereocenters. The topological polar surface area (TPSA) is 36.3 Å². The molecule has 0 saturated heterocycles. The van der Waals surface area contributed by atoms with E-state index < -0.39 is 4.33 Å². The fraction of sp³-hybridized carbons (Fsp3) is 0.350. The van der Waals surface area contributed by atoms with E-state index in [4.69, 9.17) is 37.7 Å². The lowest BCUT2D eigenvalue weighted by Gasteiger charge is -2.12. The predicted molar refractivity (Wildman–Crippen MR) is 105 cm³/mol. The molecular formula is C20H20Cl2N2O2. The van der Waals surface area contributed by atoms with Crippen LogP contribution in [0.2, 0.25) is 0 Å². The van der Waals surface area contributed by atoms with Crippen LogP contribution in [-0.4, -0.2) is 28.1 Å². The molecule has 3 aromatic rings. The number of methoxy groups -OCH3 is 2. The van der Waals surface area contributed by atoms with Gasteiger partial charge in [0.1, 0.15) is 10.2 Å². The van der Waals surface area contributed by atoms with E-state index in [9.17, 15) is 0 Å². The van der Waals surface area contributed by atoms with Crippen LogP contribution in [0.5, 0.6) is 11.5 Å². The van der Waals surface area contributed by atoms with Gasteiger partial charge in [-0.2, -0.15) is 0 Å². The van der Waals surface area contributed by atoms with Crippen molar-refractivity contribution in [2.24, 2.45) is 5.92 Å². The number of rotatable bonds is 6. The van der Waals surface area contributed by atoms with Crippen molar-refractivity contribution in [1.29, 1.82) is 0 Å². The highest BCUT2D eigenvalue weighted by Gasteiger charge is 2.51. The third-order valence-corrected chi connectivity index (χ3v) is 5.83. The Morgan fingerprint density at radius 3 is 2.54 bits per heavy atom. The van der Waals surface area contributed by atoms with Gasteiger partial charge in [-0.1, -0.05) is 18.2 Å². The summed E-state index contributed by atoms with van der Waals surface area (Å²) in [6.45, 7) is 0.774. The predicted octanol–water partition coefficient (Wildman–Crippen LogP) is 4.84. The van der Waals surface area contributed by atoms with Crippen LogP contribution in [0.25, 0.3) is 11.0 Å². The number of hydrogen-bond donors (Lipinski definition) is 0. The van der Waals surface area contributed by atoms with Gasteiger partial charge in [-0.25, -0.2) is 4.98 Å². The Bertz CT molecular complexity index is 952. The van der Waals surface area contributed by atoms with Gasteiger partial charge in [0.2, 0.25) is 0 Å². The van der Waals surface area contributed by atoms with Crippen LogP contribution >= 0.6 is 23.2 Å². The number of ether oxygens (including phenoxy) is 2. The van der Waals surface area contributed by atoms with E-state index in [0.29, 0.717) is 6.42 Å². The van der Waals surface area contributed by atoms with Crippen LogP contribution in [0, 0.1) is 5.92 Å². The molecule has 0 amide bonds. The molecule has 0 radical (unpaired) electrons. The molecule has 1 aliphatic rings. The normalized spacial score (nSPS) is 18.1. The molecule has 1 saturated carbocycles. The maximum absolute atomic E-state index is 6.26. The minimum absolute atomic E-state index is 0.257. The minimum atomic E-state index is -0.605. The molecule has 4 rings (SSSR count). The van der Waals surface area contributed by atoms with Crippen molar-refractivity contribution in [3.63, 3.8) is 0 Å². The average molecular weight is 391 g/mol. The number of aromatic nitrogens is 2. The highest BCUT2D eigenvalue weighted by Crippen LogP contribution is 2.54. The number of imidazole rings is 1. The van der Waals surface area contributed by atoms with Crippen molar-refractivity contribution >= 4 is 34.2 Å². The van der Waals surface area contributed by atoms with Crippen molar-refractivity contribution in [3.05, 3.63) is 53.9 Å². The van der Waals surface area contributed by atoms with Crippen molar-refractivity contribution in [2.45, 2.75) is 23.7 Å². The first-order chi connectivity index (χ1) is 12.5. The van der Waals surface area contributed by atoms with Gasteiger partial charge in [0.05, 0.1) is 25.3 Å². The minimum Gasteiger partial charge on any atom is -0.493 e.